The van der Waals surface area contributed by atoms with Crippen molar-refractivity contribution in [2.24, 2.45) is 5.92 Å². The van der Waals surface area contributed by atoms with Crippen LogP contribution in [0, 0.1) is 25.8 Å². The third-order valence-corrected chi connectivity index (χ3v) is 3.72. The second-order valence-electron chi connectivity index (χ2n) is 6.08. The van der Waals surface area contributed by atoms with Gasteiger partial charge in [0.2, 0.25) is 0 Å². The Balaban J connectivity index is -0.000000148. The summed E-state index contributed by atoms with van der Waals surface area (Å²) in [6.45, 7) is 16.9. The summed E-state index contributed by atoms with van der Waals surface area (Å²) >= 11 is 0. The molecule has 0 aromatic heterocycles. The Morgan fingerprint density at radius 1 is 1.00 bits per heavy atom. The van der Waals surface area contributed by atoms with Crippen LogP contribution in [0.25, 0.3) is 5.73 Å². The first-order valence-electron chi connectivity index (χ1n) is 8.00. The molecule has 0 saturated carbocycles. The van der Waals surface area contributed by atoms with E-state index in [0.717, 1.165) is 20.6 Å². The van der Waals surface area contributed by atoms with E-state index < -0.39 is 5.91 Å². The van der Waals surface area contributed by atoms with E-state index in [1.807, 2.05) is 19.9 Å². The number of halogens is 2. The molecule has 1 aliphatic rings. The van der Waals surface area contributed by atoms with Crippen LogP contribution < -0.4 is 24.8 Å². The van der Waals surface area contributed by atoms with Crippen molar-refractivity contribution in [2.75, 3.05) is 0 Å². The average molecular weight is 491 g/mol. The molecular formula is C20H30Cl2NOSiZr. The molecule has 143 valence electrons. The minimum absolute atomic E-state index is 0. The smallest absolute Gasteiger partial charge is 1.00 e. The van der Waals surface area contributed by atoms with Crippen LogP contribution in [0.5, 0.6) is 0 Å². The van der Waals surface area contributed by atoms with Crippen LogP contribution in [0.3, 0.4) is 0 Å². The van der Waals surface area contributed by atoms with Crippen molar-refractivity contribution >= 4 is 15.4 Å². The number of hydrogen-bond acceptors (Lipinski definition) is 1. The van der Waals surface area contributed by atoms with Gasteiger partial charge in [-0.05, 0) is 19.4 Å². The molecule has 2 nitrogen and oxygen atoms in total. The fourth-order valence-electron chi connectivity index (χ4n) is 2.27. The van der Waals surface area contributed by atoms with Gasteiger partial charge >= 0.3 is 26.2 Å². The number of carbonyl (C=O) groups is 1. The van der Waals surface area contributed by atoms with Gasteiger partial charge in [-0.15, -0.1) is 6.92 Å². The van der Waals surface area contributed by atoms with Crippen molar-refractivity contribution in [3.05, 3.63) is 63.4 Å². The Kier molecular flexibility index (Phi) is 21.8. The first-order chi connectivity index (χ1) is 10.6. The number of amides is 1. The molecule has 1 atom stereocenters. The molecule has 1 amide bonds. The standard InChI is InChI=1S/C9H11NO.C9H13.C2H7Si.2ClH.Zr/c1-6-3-7(2)5-8(4-6)9(10)11;1-6-5-7(2)9(4)8(6)3;1-3-2;;;/h3-5H,1-2H3,(H2,10,11);6H,1-4H3;3H,1-2H3;2*1H;/q;-1;;;;+4/p-3. The zero-order valence-electron chi connectivity index (χ0n) is 17.1. The summed E-state index contributed by atoms with van der Waals surface area (Å²) in [7, 11) is 0.750. The third kappa shape index (κ3) is 12.3. The molecule has 0 aliphatic heterocycles. The van der Waals surface area contributed by atoms with E-state index in [2.05, 4.69) is 46.9 Å². The quantitative estimate of drug-likeness (QED) is 0.395. The van der Waals surface area contributed by atoms with Gasteiger partial charge in [0.25, 0.3) is 0 Å². The maximum Gasteiger partial charge on any atom is 4.00 e. The third-order valence-electron chi connectivity index (χ3n) is 3.72. The first-order valence-corrected chi connectivity index (χ1v) is 10.3. The van der Waals surface area contributed by atoms with Gasteiger partial charge in [0, 0.05) is 9.52 Å². The molecule has 1 N–H and O–H groups in total. The van der Waals surface area contributed by atoms with Crippen molar-refractivity contribution in [1.82, 2.24) is 0 Å². The summed E-state index contributed by atoms with van der Waals surface area (Å²) in [5.74, 6) is -0.0539. The van der Waals surface area contributed by atoms with E-state index in [0.29, 0.717) is 11.5 Å². The van der Waals surface area contributed by atoms with Gasteiger partial charge in [0.15, 0.2) is 0 Å². The average Bonchev–Trinajstić information content (AvgIpc) is 2.66. The second kappa shape index (κ2) is 17.0. The van der Waals surface area contributed by atoms with Crippen LogP contribution in [0.2, 0.25) is 13.1 Å². The first kappa shape index (κ1) is 33.4. The molecule has 2 rings (SSSR count). The van der Waals surface area contributed by atoms with E-state index in [1.54, 1.807) is 12.1 Å². The van der Waals surface area contributed by atoms with E-state index in [1.165, 1.54) is 16.7 Å². The zero-order valence-corrected chi connectivity index (χ0v) is 22.2. The SMILES string of the molecule is CC1=[C-]C(C)C(C)=C1C.C[SiH]C.Cc1cc(C)cc(C([NH-])=O)c1.[Cl-].[Cl-].[Zr+4]. The van der Waals surface area contributed by atoms with Crippen molar-refractivity contribution < 1.29 is 55.8 Å². The molecule has 6 heteroatoms. The summed E-state index contributed by atoms with van der Waals surface area (Å²) in [4.78, 5) is 10.6. The molecule has 0 saturated heterocycles. The number of aryl methyl sites for hydroxylation is 2. The minimum Gasteiger partial charge on any atom is -1.00 e. The second-order valence-corrected chi connectivity index (χ2v) is 7.24. The molecule has 1 radical (unpaired) electrons. The molecule has 1 aromatic rings. The number of hydrogen-bond donors (Lipinski definition) is 0. The van der Waals surface area contributed by atoms with Gasteiger partial charge in [0.05, 0.1) is 5.91 Å². The Morgan fingerprint density at radius 2 is 1.38 bits per heavy atom. The summed E-state index contributed by atoms with van der Waals surface area (Å²) in [5, 5.41) is 0. The van der Waals surface area contributed by atoms with Crippen LogP contribution >= 0.6 is 0 Å². The van der Waals surface area contributed by atoms with E-state index >= 15 is 0 Å². The maximum absolute atomic E-state index is 10.6. The van der Waals surface area contributed by atoms with Gasteiger partial charge in [-0.3, -0.25) is 6.08 Å². The molecule has 1 aromatic carbocycles. The van der Waals surface area contributed by atoms with Crippen LogP contribution in [0.4, 0.5) is 0 Å². The molecule has 0 fully saturated rings. The summed E-state index contributed by atoms with van der Waals surface area (Å²) in [6, 6.07) is 5.43. The van der Waals surface area contributed by atoms with Crippen molar-refractivity contribution in [2.45, 2.75) is 54.6 Å². The van der Waals surface area contributed by atoms with Gasteiger partial charge in [-0.25, -0.2) is 5.57 Å². The van der Waals surface area contributed by atoms with Gasteiger partial charge in [-0.1, -0.05) is 69.1 Å². The molecule has 26 heavy (non-hydrogen) atoms. The molecular weight excluding hydrogens is 460 g/mol. The predicted octanol–water partition coefficient (Wildman–Crippen LogP) is -0.258. The topological polar surface area (TPSA) is 40.9 Å². The fraction of sp³-hybridized carbons (Fsp3) is 0.450. The molecule has 0 bridgehead atoms. The van der Waals surface area contributed by atoms with E-state index in [-0.39, 0.29) is 51.0 Å². The fourth-order valence-corrected chi connectivity index (χ4v) is 2.27. The Hall–Kier alpha value is -0.150. The van der Waals surface area contributed by atoms with Gasteiger partial charge in [-0.2, -0.15) is 11.1 Å². The van der Waals surface area contributed by atoms with E-state index in [4.69, 9.17) is 5.73 Å². The number of rotatable bonds is 1. The largest absolute Gasteiger partial charge is 4.00 e. The van der Waals surface area contributed by atoms with Gasteiger partial charge < -0.3 is 35.3 Å². The number of nitrogens with one attached hydrogen (secondary N) is 1. The van der Waals surface area contributed by atoms with Crippen LogP contribution in [0.15, 0.2) is 34.9 Å². The van der Waals surface area contributed by atoms with Crippen molar-refractivity contribution in [1.29, 1.82) is 0 Å². The monoisotopic (exact) mass is 488 g/mol. The van der Waals surface area contributed by atoms with Crippen LogP contribution in [0.1, 0.15) is 49.2 Å². The van der Waals surface area contributed by atoms with Crippen molar-refractivity contribution in [3.63, 3.8) is 0 Å². The molecule has 0 spiro atoms. The van der Waals surface area contributed by atoms with Crippen LogP contribution in [-0.4, -0.2) is 15.4 Å². The van der Waals surface area contributed by atoms with Crippen LogP contribution in [-0.2, 0) is 26.2 Å². The van der Waals surface area contributed by atoms with Crippen molar-refractivity contribution in [3.8, 4) is 0 Å². The molecule has 1 aliphatic carbocycles. The summed E-state index contributed by atoms with van der Waals surface area (Å²) < 4.78 is 0. The predicted molar refractivity (Wildman–Crippen MR) is 103 cm³/mol. The minimum atomic E-state index is -0.614. The van der Waals surface area contributed by atoms with Gasteiger partial charge in [0.1, 0.15) is 0 Å². The number of carbonyl (C=O) groups excluding carboxylic acids is 1. The zero-order chi connectivity index (χ0) is 18.2. The maximum atomic E-state index is 10.6. The normalized spacial score (nSPS) is 14.2. The Morgan fingerprint density at radius 3 is 1.58 bits per heavy atom. The summed E-state index contributed by atoms with van der Waals surface area (Å²) in [6.07, 6.45) is 3.36. The number of allylic oxidation sites excluding steroid dienone is 4. The Labute approximate surface area is 194 Å². The summed E-state index contributed by atoms with van der Waals surface area (Å²) in [5.41, 5.74) is 13.6. The molecule has 0 heterocycles. The number of benzene rings is 1. The van der Waals surface area contributed by atoms with E-state index in [9.17, 15) is 4.79 Å². The molecule has 1 unspecified atom stereocenters. The Bertz CT molecular complexity index is 596.